The summed E-state index contributed by atoms with van der Waals surface area (Å²) in [6.07, 6.45) is 2.15. The van der Waals surface area contributed by atoms with Crippen LogP contribution in [0.2, 0.25) is 0 Å². The van der Waals surface area contributed by atoms with Crippen LogP contribution in [0.5, 0.6) is 0 Å². The number of aromatic nitrogens is 2. The molecule has 1 aliphatic rings. The fourth-order valence-corrected chi connectivity index (χ4v) is 1.90. The molecule has 1 aromatic heterocycles. The van der Waals surface area contributed by atoms with E-state index < -0.39 is 0 Å². The zero-order valence-corrected chi connectivity index (χ0v) is 9.71. The maximum Gasteiger partial charge on any atom is 0.222 e. The summed E-state index contributed by atoms with van der Waals surface area (Å²) in [5.74, 6) is 1.88. The second-order valence-corrected chi connectivity index (χ2v) is 4.91. The third kappa shape index (κ3) is 2.04. The van der Waals surface area contributed by atoms with Gasteiger partial charge in [0.25, 0.3) is 0 Å². The van der Waals surface area contributed by atoms with E-state index in [-0.39, 0.29) is 5.41 Å². The van der Waals surface area contributed by atoms with E-state index in [0.29, 0.717) is 5.92 Å². The third-order valence-electron chi connectivity index (χ3n) is 3.16. The first-order valence-electron chi connectivity index (χ1n) is 5.66. The molecule has 0 bridgehead atoms. The van der Waals surface area contributed by atoms with Crippen LogP contribution in [-0.4, -0.2) is 23.3 Å². The van der Waals surface area contributed by atoms with Gasteiger partial charge in [-0.05, 0) is 25.9 Å². The number of rotatable bonds is 2. The standard InChI is InChI=1S/C11H19N3O/c1-8(2)9-13-14-10(15-9)11(3)4-6-12-7-5-11/h8,12H,4-7H2,1-3H3. The molecule has 4 nitrogen and oxygen atoms in total. The molecular weight excluding hydrogens is 190 g/mol. The maximum atomic E-state index is 5.74. The first kappa shape index (κ1) is 10.6. The van der Waals surface area contributed by atoms with Crippen LogP contribution in [-0.2, 0) is 5.41 Å². The Morgan fingerprint density at radius 2 is 1.93 bits per heavy atom. The van der Waals surface area contributed by atoms with Crippen molar-refractivity contribution in [2.75, 3.05) is 13.1 Å². The molecule has 4 heteroatoms. The van der Waals surface area contributed by atoms with E-state index in [4.69, 9.17) is 4.42 Å². The molecule has 1 saturated heterocycles. The first-order valence-corrected chi connectivity index (χ1v) is 5.66. The molecule has 0 aliphatic carbocycles. The van der Waals surface area contributed by atoms with Crippen molar-refractivity contribution in [3.05, 3.63) is 11.8 Å². The summed E-state index contributed by atoms with van der Waals surface area (Å²) in [5, 5.41) is 11.6. The Morgan fingerprint density at radius 3 is 2.47 bits per heavy atom. The lowest BCUT2D eigenvalue weighted by molar-refractivity contribution is 0.260. The average Bonchev–Trinajstić information content (AvgIpc) is 2.68. The van der Waals surface area contributed by atoms with E-state index >= 15 is 0 Å². The van der Waals surface area contributed by atoms with Gasteiger partial charge in [-0.1, -0.05) is 20.8 Å². The van der Waals surface area contributed by atoms with Gasteiger partial charge in [-0.15, -0.1) is 10.2 Å². The minimum atomic E-state index is 0.0748. The summed E-state index contributed by atoms with van der Waals surface area (Å²) >= 11 is 0. The summed E-state index contributed by atoms with van der Waals surface area (Å²) < 4.78 is 5.74. The van der Waals surface area contributed by atoms with Gasteiger partial charge in [0.1, 0.15) is 0 Å². The Bertz CT molecular complexity index is 326. The molecule has 1 fully saturated rings. The largest absolute Gasteiger partial charge is 0.424 e. The Hall–Kier alpha value is -0.900. The predicted octanol–water partition coefficient (Wildman–Crippen LogP) is 1.83. The second-order valence-electron chi connectivity index (χ2n) is 4.91. The lowest BCUT2D eigenvalue weighted by Gasteiger charge is -2.30. The van der Waals surface area contributed by atoms with Crippen molar-refractivity contribution in [3.63, 3.8) is 0 Å². The molecule has 1 aromatic rings. The van der Waals surface area contributed by atoms with Crippen LogP contribution < -0.4 is 5.32 Å². The predicted molar refractivity (Wildman–Crippen MR) is 57.8 cm³/mol. The summed E-state index contributed by atoms with van der Waals surface area (Å²) in [7, 11) is 0. The van der Waals surface area contributed by atoms with Crippen LogP contribution in [0.1, 0.15) is 51.3 Å². The number of hydrogen-bond donors (Lipinski definition) is 1. The van der Waals surface area contributed by atoms with Crippen LogP contribution >= 0.6 is 0 Å². The molecule has 1 N–H and O–H groups in total. The molecule has 84 valence electrons. The number of nitrogens with one attached hydrogen (secondary N) is 1. The minimum Gasteiger partial charge on any atom is -0.424 e. The van der Waals surface area contributed by atoms with Gasteiger partial charge in [0.15, 0.2) is 0 Å². The summed E-state index contributed by atoms with van der Waals surface area (Å²) in [4.78, 5) is 0. The van der Waals surface area contributed by atoms with E-state index in [9.17, 15) is 0 Å². The van der Waals surface area contributed by atoms with Crippen LogP contribution in [0.25, 0.3) is 0 Å². The van der Waals surface area contributed by atoms with E-state index in [1.165, 1.54) is 0 Å². The Morgan fingerprint density at radius 1 is 1.27 bits per heavy atom. The second kappa shape index (κ2) is 3.93. The number of piperidine rings is 1. The topological polar surface area (TPSA) is 51.0 Å². The van der Waals surface area contributed by atoms with E-state index in [1.807, 2.05) is 0 Å². The Labute approximate surface area is 90.5 Å². The van der Waals surface area contributed by atoms with Gasteiger partial charge in [-0.3, -0.25) is 0 Å². The number of hydrogen-bond acceptors (Lipinski definition) is 4. The summed E-state index contributed by atoms with van der Waals surface area (Å²) in [6, 6.07) is 0. The summed E-state index contributed by atoms with van der Waals surface area (Å²) in [5.41, 5.74) is 0.0748. The molecule has 0 amide bonds. The van der Waals surface area contributed by atoms with Crippen molar-refractivity contribution in [3.8, 4) is 0 Å². The monoisotopic (exact) mass is 209 g/mol. The van der Waals surface area contributed by atoms with Crippen molar-refractivity contribution in [1.82, 2.24) is 15.5 Å². The highest BCUT2D eigenvalue weighted by molar-refractivity contribution is 5.04. The highest BCUT2D eigenvalue weighted by Crippen LogP contribution is 2.32. The van der Waals surface area contributed by atoms with Gasteiger partial charge < -0.3 is 9.73 Å². The van der Waals surface area contributed by atoms with Crippen LogP contribution in [0.4, 0.5) is 0 Å². The van der Waals surface area contributed by atoms with Crippen LogP contribution in [0.15, 0.2) is 4.42 Å². The van der Waals surface area contributed by atoms with Gasteiger partial charge in [0, 0.05) is 11.3 Å². The first-order chi connectivity index (χ1) is 7.12. The lowest BCUT2D eigenvalue weighted by atomic mass is 9.81. The van der Waals surface area contributed by atoms with Gasteiger partial charge >= 0.3 is 0 Å². The maximum absolute atomic E-state index is 5.74. The Balaban J connectivity index is 2.20. The molecule has 2 rings (SSSR count). The van der Waals surface area contributed by atoms with Gasteiger partial charge in [-0.2, -0.15) is 0 Å². The van der Waals surface area contributed by atoms with Crippen molar-refractivity contribution < 1.29 is 4.42 Å². The van der Waals surface area contributed by atoms with Gasteiger partial charge in [-0.25, -0.2) is 0 Å². The van der Waals surface area contributed by atoms with Crippen molar-refractivity contribution in [1.29, 1.82) is 0 Å². The van der Waals surface area contributed by atoms with Crippen molar-refractivity contribution >= 4 is 0 Å². The Kier molecular flexibility index (Phi) is 2.78. The SMILES string of the molecule is CC(C)c1nnc(C2(C)CCNCC2)o1. The fourth-order valence-electron chi connectivity index (χ4n) is 1.90. The molecule has 1 aliphatic heterocycles. The summed E-state index contributed by atoms with van der Waals surface area (Å²) in [6.45, 7) is 8.43. The van der Waals surface area contributed by atoms with Crippen LogP contribution in [0.3, 0.4) is 0 Å². The smallest absolute Gasteiger partial charge is 0.222 e. The molecule has 0 saturated carbocycles. The molecule has 0 aromatic carbocycles. The quantitative estimate of drug-likeness (QED) is 0.807. The van der Waals surface area contributed by atoms with E-state index in [1.54, 1.807) is 0 Å². The fraction of sp³-hybridized carbons (Fsp3) is 0.818. The van der Waals surface area contributed by atoms with Gasteiger partial charge in [0.2, 0.25) is 11.8 Å². The zero-order valence-electron chi connectivity index (χ0n) is 9.71. The molecular formula is C11H19N3O. The molecule has 15 heavy (non-hydrogen) atoms. The number of nitrogens with zero attached hydrogens (tertiary/aromatic N) is 2. The van der Waals surface area contributed by atoms with E-state index in [2.05, 4.69) is 36.3 Å². The zero-order chi connectivity index (χ0) is 10.9. The van der Waals surface area contributed by atoms with Gasteiger partial charge in [0.05, 0.1) is 0 Å². The highest BCUT2D eigenvalue weighted by atomic mass is 16.4. The third-order valence-corrected chi connectivity index (χ3v) is 3.16. The molecule has 0 atom stereocenters. The molecule has 0 spiro atoms. The van der Waals surface area contributed by atoms with Crippen molar-refractivity contribution in [2.45, 2.75) is 44.9 Å². The average molecular weight is 209 g/mol. The molecule has 0 radical (unpaired) electrons. The normalized spacial score (nSPS) is 20.8. The lowest BCUT2D eigenvalue weighted by Crippen LogP contribution is -2.37. The highest BCUT2D eigenvalue weighted by Gasteiger charge is 2.34. The van der Waals surface area contributed by atoms with Crippen LogP contribution in [0, 0.1) is 0 Å². The van der Waals surface area contributed by atoms with Crippen molar-refractivity contribution in [2.24, 2.45) is 0 Å². The minimum absolute atomic E-state index is 0.0748. The van der Waals surface area contributed by atoms with E-state index in [0.717, 1.165) is 37.7 Å². The molecule has 2 heterocycles. The molecule has 0 unspecified atom stereocenters.